The third-order valence-electron chi connectivity index (χ3n) is 2.36. The number of pyridine rings is 1. The molecule has 0 aliphatic carbocycles. The maximum absolute atomic E-state index is 5.51. The predicted molar refractivity (Wildman–Crippen MR) is 62.6 cm³/mol. The summed E-state index contributed by atoms with van der Waals surface area (Å²) in [6, 6.07) is 4.39. The largest absolute Gasteiger partial charge is 0.384 e. The van der Waals surface area contributed by atoms with Gasteiger partial charge in [-0.15, -0.1) is 0 Å². The number of nitrogens with one attached hydrogen (secondary N) is 1. The average molecular weight is 209 g/mol. The van der Waals surface area contributed by atoms with Crippen molar-refractivity contribution in [3.63, 3.8) is 0 Å². The highest BCUT2D eigenvalue weighted by molar-refractivity contribution is 8.00. The van der Waals surface area contributed by atoms with Gasteiger partial charge in [-0.3, -0.25) is 0 Å². The second-order valence-electron chi connectivity index (χ2n) is 3.69. The van der Waals surface area contributed by atoms with Crippen LogP contribution < -0.4 is 11.1 Å². The van der Waals surface area contributed by atoms with Gasteiger partial charge in [-0.25, -0.2) is 4.98 Å². The Morgan fingerprint density at radius 1 is 1.57 bits per heavy atom. The third kappa shape index (κ3) is 2.32. The zero-order valence-corrected chi connectivity index (χ0v) is 9.05. The topological polar surface area (TPSA) is 50.9 Å². The van der Waals surface area contributed by atoms with E-state index >= 15 is 0 Å². The molecule has 1 aromatic rings. The molecule has 1 fully saturated rings. The van der Waals surface area contributed by atoms with Gasteiger partial charge >= 0.3 is 0 Å². The number of rotatable bonds is 2. The van der Waals surface area contributed by atoms with Crippen molar-refractivity contribution >= 4 is 23.3 Å². The summed E-state index contributed by atoms with van der Waals surface area (Å²) < 4.78 is 0. The van der Waals surface area contributed by atoms with E-state index in [1.165, 1.54) is 12.2 Å². The van der Waals surface area contributed by atoms with Gasteiger partial charge in [0.2, 0.25) is 0 Å². The Morgan fingerprint density at radius 3 is 3.00 bits per heavy atom. The van der Waals surface area contributed by atoms with Crippen molar-refractivity contribution in [1.82, 2.24) is 4.98 Å². The lowest BCUT2D eigenvalue weighted by molar-refractivity contribution is 0.746. The maximum atomic E-state index is 5.51. The summed E-state index contributed by atoms with van der Waals surface area (Å²) in [6.45, 7) is 2.27. The lowest BCUT2D eigenvalue weighted by Gasteiger charge is -2.12. The molecule has 0 spiro atoms. The van der Waals surface area contributed by atoms with Crippen molar-refractivity contribution in [2.75, 3.05) is 16.8 Å². The molecule has 2 rings (SSSR count). The van der Waals surface area contributed by atoms with Gasteiger partial charge in [0.05, 0.1) is 11.9 Å². The minimum Gasteiger partial charge on any atom is -0.384 e. The van der Waals surface area contributed by atoms with Crippen molar-refractivity contribution in [3.8, 4) is 0 Å². The van der Waals surface area contributed by atoms with E-state index in [4.69, 9.17) is 5.73 Å². The summed E-state index contributed by atoms with van der Waals surface area (Å²) in [7, 11) is 0. The molecule has 0 radical (unpaired) electrons. The first-order valence-electron chi connectivity index (χ1n) is 4.83. The predicted octanol–water partition coefficient (Wildman–Crippen LogP) is 1.97. The van der Waals surface area contributed by atoms with Crippen LogP contribution in [0.1, 0.15) is 13.3 Å². The molecule has 1 saturated heterocycles. The second-order valence-corrected chi connectivity index (χ2v) is 5.16. The minimum atomic E-state index is 0.574. The van der Waals surface area contributed by atoms with E-state index in [9.17, 15) is 0 Å². The molecule has 2 atom stereocenters. The van der Waals surface area contributed by atoms with Crippen molar-refractivity contribution in [2.24, 2.45) is 0 Å². The average Bonchev–Trinajstić information content (AvgIpc) is 2.56. The van der Waals surface area contributed by atoms with E-state index in [1.54, 1.807) is 6.20 Å². The van der Waals surface area contributed by atoms with Gasteiger partial charge < -0.3 is 11.1 Å². The van der Waals surface area contributed by atoms with Crippen LogP contribution in [-0.4, -0.2) is 22.0 Å². The fraction of sp³-hybridized carbons (Fsp3) is 0.500. The summed E-state index contributed by atoms with van der Waals surface area (Å²) in [5, 5.41) is 4.23. The Hall–Kier alpha value is -0.900. The molecule has 0 amide bonds. The zero-order valence-electron chi connectivity index (χ0n) is 8.23. The Labute approximate surface area is 88.5 Å². The summed E-state index contributed by atoms with van der Waals surface area (Å²) in [5.74, 6) is 1.76. The van der Waals surface area contributed by atoms with Gasteiger partial charge in [-0.1, -0.05) is 6.92 Å². The molecule has 76 valence electrons. The first kappa shape index (κ1) is 9.65. The maximum Gasteiger partial charge on any atom is 0.123 e. The number of nitrogens with two attached hydrogens (primary N) is 1. The van der Waals surface area contributed by atoms with E-state index in [1.807, 2.05) is 23.9 Å². The van der Waals surface area contributed by atoms with Crippen LogP contribution in [0.2, 0.25) is 0 Å². The molecule has 0 saturated carbocycles. The Bertz CT molecular complexity index is 299. The standard InChI is InChI=1S/C10H15N3S/c1-7-4-9(6-14-7)13-8-2-3-10(11)12-5-8/h2-3,5,7,9,13H,4,6H2,1H3,(H2,11,12). The number of aromatic nitrogens is 1. The summed E-state index contributed by atoms with van der Waals surface area (Å²) in [4.78, 5) is 4.05. The Balaban J connectivity index is 1.94. The molecule has 14 heavy (non-hydrogen) atoms. The molecule has 1 aromatic heterocycles. The highest BCUT2D eigenvalue weighted by atomic mass is 32.2. The molecule has 2 unspecified atom stereocenters. The van der Waals surface area contributed by atoms with Gasteiger partial charge in [-0.05, 0) is 18.6 Å². The zero-order chi connectivity index (χ0) is 9.97. The molecule has 2 heterocycles. The number of hydrogen-bond donors (Lipinski definition) is 2. The number of nitrogen functional groups attached to an aromatic ring is 1. The smallest absolute Gasteiger partial charge is 0.123 e. The highest BCUT2D eigenvalue weighted by Crippen LogP contribution is 2.28. The molecule has 1 aliphatic rings. The van der Waals surface area contributed by atoms with Crippen molar-refractivity contribution in [2.45, 2.75) is 24.6 Å². The fourth-order valence-corrected chi connectivity index (χ4v) is 2.79. The number of hydrogen-bond acceptors (Lipinski definition) is 4. The number of anilines is 2. The molecular weight excluding hydrogens is 194 g/mol. The number of nitrogens with zero attached hydrogens (tertiary/aromatic N) is 1. The quantitative estimate of drug-likeness (QED) is 0.782. The van der Waals surface area contributed by atoms with Crippen LogP contribution in [0.3, 0.4) is 0 Å². The summed E-state index contributed by atoms with van der Waals surface area (Å²) in [6.07, 6.45) is 3.03. The van der Waals surface area contributed by atoms with Crippen LogP contribution in [0.5, 0.6) is 0 Å². The summed E-state index contributed by atoms with van der Waals surface area (Å²) in [5.41, 5.74) is 6.58. The molecule has 3 nitrogen and oxygen atoms in total. The first-order valence-corrected chi connectivity index (χ1v) is 5.88. The van der Waals surface area contributed by atoms with Crippen LogP contribution in [-0.2, 0) is 0 Å². The van der Waals surface area contributed by atoms with E-state index < -0.39 is 0 Å². The monoisotopic (exact) mass is 209 g/mol. The van der Waals surface area contributed by atoms with Gasteiger partial charge in [0.1, 0.15) is 5.82 Å². The second kappa shape index (κ2) is 4.09. The lowest BCUT2D eigenvalue weighted by atomic mass is 10.2. The Kier molecular flexibility index (Phi) is 2.82. The minimum absolute atomic E-state index is 0.574. The molecule has 4 heteroatoms. The van der Waals surface area contributed by atoms with Gasteiger partial charge in [0.15, 0.2) is 0 Å². The lowest BCUT2D eigenvalue weighted by Crippen LogP contribution is -2.18. The highest BCUT2D eigenvalue weighted by Gasteiger charge is 2.21. The molecule has 1 aliphatic heterocycles. The van der Waals surface area contributed by atoms with Crippen LogP contribution in [0.25, 0.3) is 0 Å². The van der Waals surface area contributed by atoms with Crippen molar-refractivity contribution < 1.29 is 0 Å². The fourth-order valence-electron chi connectivity index (χ4n) is 1.64. The van der Waals surface area contributed by atoms with Crippen molar-refractivity contribution in [3.05, 3.63) is 18.3 Å². The SMILES string of the molecule is CC1CC(Nc2ccc(N)nc2)CS1. The molecule has 0 aromatic carbocycles. The van der Waals surface area contributed by atoms with Crippen molar-refractivity contribution in [1.29, 1.82) is 0 Å². The number of thioether (sulfide) groups is 1. The van der Waals surface area contributed by atoms with Gasteiger partial charge in [-0.2, -0.15) is 11.8 Å². The normalized spacial score (nSPS) is 26.4. The first-order chi connectivity index (χ1) is 6.74. The van der Waals surface area contributed by atoms with Crippen LogP contribution in [0.4, 0.5) is 11.5 Å². The van der Waals surface area contributed by atoms with E-state index in [0.29, 0.717) is 11.9 Å². The van der Waals surface area contributed by atoms with E-state index in [-0.39, 0.29) is 0 Å². The van der Waals surface area contributed by atoms with Crippen LogP contribution in [0, 0.1) is 0 Å². The van der Waals surface area contributed by atoms with E-state index in [2.05, 4.69) is 17.2 Å². The van der Waals surface area contributed by atoms with Crippen LogP contribution in [0.15, 0.2) is 18.3 Å². The molecule has 3 N–H and O–H groups in total. The van der Waals surface area contributed by atoms with Gasteiger partial charge in [0, 0.05) is 17.0 Å². The van der Waals surface area contributed by atoms with E-state index in [0.717, 1.165) is 10.9 Å². The van der Waals surface area contributed by atoms with Gasteiger partial charge in [0.25, 0.3) is 0 Å². The molecular formula is C10H15N3S. The van der Waals surface area contributed by atoms with Crippen LogP contribution >= 0.6 is 11.8 Å². The summed E-state index contributed by atoms with van der Waals surface area (Å²) >= 11 is 2.02. The molecule has 0 bridgehead atoms. The third-order valence-corrected chi connectivity index (χ3v) is 3.71. The Morgan fingerprint density at radius 2 is 2.43 bits per heavy atom.